The highest BCUT2D eigenvalue weighted by Gasteiger charge is 2.15. The average molecular weight is 294 g/mol. The van der Waals surface area contributed by atoms with Crippen LogP contribution in [0.1, 0.15) is 96.8 Å². The number of carbonyl (C=O) groups excluding carboxylic acids is 1. The van der Waals surface area contributed by atoms with Gasteiger partial charge in [0.05, 0.1) is 0 Å². The standard InChI is InChI=1S/C19H34O2/c1-17-18(14-12-15-19(17)21)13-10-8-6-4-2-3-5-7-9-11-16-20/h20H,2-16H2,1H3. The molecule has 0 aromatic rings. The minimum Gasteiger partial charge on any atom is -0.396 e. The van der Waals surface area contributed by atoms with Crippen LogP contribution in [0.3, 0.4) is 0 Å². The maximum Gasteiger partial charge on any atom is 0.158 e. The van der Waals surface area contributed by atoms with Crippen molar-refractivity contribution in [2.45, 2.75) is 96.8 Å². The van der Waals surface area contributed by atoms with Crippen LogP contribution in [0, 0.1) is 0 Å². The van der Waals surface area contributed by atoms with Crippen molar-refractivity contribution in [1.82, 2.24) is 0 Å². The number of unbranched alkanes of at least 4 members (excludes halogenated alkanes) is 9. The van der Waals surface area contributed by atoms with Crippen LogP contribution in [0.5, 0.6) is 0 Å². The van der Waals surface area contributed by atoms with Crippen molar-refractivity contribution in [3.05, 3.63) is 11.1 Å². The zero-order valence-corrected chi connectivity index (χ0v) is 14.0. The molecule has 0 radical (unpaired) electrons. The van der Waals surface area contributed by atoms with E-state index in [2.05, 4.69) is 0 Å². The van der Waals surface area contributed by atoms with Gasteiger partial charge in [-0.1, -0.05) is 56.9 Å². The molecule has 0 atom stereocenters. The van der Waals surface area contributed by atoms with E-state index in [0.717, 1.165) is 37.7 Å². The molecular formula is C19H34O2. The first-order valence-electron chi connectivity index (χ1n) is 9.08. The Morgan fingerprint density at radius 1 is 0.810 bits per heavy atom. The van der Waals surface area contributed by atoms with Crippen molar-refractivity contribution < 1.29 is 9.90 Å². The molecule has 1 aliphatic rings. The molecule has 1 N–H and O–H groups in total. The topological polar surface area (TPSA) is 37.3 Å². The van der Waals surface area contributed by atoms with Gasteiger partial charge in [0.2, 0.25) is 0 Å². The Morgan fingerprint density at radius 2 is 1.33 bits per heavy atom. The zero-order chi connectivity index (χ0) is 15.3. The van der Waals surface area contributed by atoms with Crippen molar-refractivity contribution in [1.29, 1.82) is 0 Å². The minimum absolute atomic E-state index is 0.349. The second-order valence-corrected chi connectivity index (χ2v) is 6.51. The van der Waals surface area contributed by atoms with E-state index in [1.807, 2.05) is 6.92 Å². The lowest BCUT2D eigenvalue weighted by Gasteiger charge is -2.16. The van der Waals surface area contributed by atoms with Crippen LogP contribution in [-0.4, -0.2) is 17.5 Å². The van der Waals surface area contributed by atoms with E-state index in [1.165, 1.54) is 63.4 Å². The van der Waals surface area contributed by atoms with Gasteiger partial charge in [0.25, 0.3) is 0 Å². The Hall–Kier alpha value is -0.630. The number of aliphatic hydroxyl groups is 1. The van der Waals surface area contributed by atoms with E-state index in [9.17, 15) is 4.79 Å². The van der Waals surface area contributed by atoms with Crippen molar-refractivity contribution in [3.63, 3.8) is 0 Å². The average Bonchev–Trinajstić information content (AvgIpc) is 2.49. The van der Waals surface area contributed by atoms with Crippen LogP contribution < -0.4 is 0 Å². The molecule has 122 valence electrons. The van der Waals surface area contributed by atoms with Gasteiger partial charge in [-0.05, 0) is 44.6 Å². The Balaban J connectivity index is 1.91. The van der Waals surface area contributed by atoms with Gasteiger partial charge in [-0.25, -0.2) is 0 Å². The Labute approximate surface area is 131 Å². The number of Topliss-reactive ketones (excluding diaryl/α,β-unsaturated/α-hetero) is 1. The third-order valence-corrected chi connectivity index (χ3v) is 4.72. The molecule has 0 aromatic carbocycles. The molecular weight excluding hydrogens is 260 g/mol. The van der Waals surface area contributed by atoms with Crippen LogP contribution in [0.25, 0.3) is 0 Å². The molecule has 0 aromatic heterocycles. The predicted molar refractivity (Wildman–Crippen MR) is 89.4 cm³/mol. The summed E-state index contributed by atoms with van der Waals surface area (Å²) in [7, 11) is 0. The molecule has 0 saturated carbocycles. The summed E-state index contributed by atoms with van der Waals surface area (Å²) >= 11 is 0. The summed E-state index contributed by atoms with van der Waals surface area (Å²) in [4.78, 5) is 11.6. The van der Waals surface area contributed by atoms with E-state index < -0.39 is 0 Å². The fraction of sp³-hybridized carbons (Fsp3) is 0.842. The fourth-order valence-electron chi connectivity index (χ4n) is 3.21. The largest absolute Gasteiger partial charge is 0.396 e. The lowest BCUT2D eigenvalue weighted by atomic mass is 9.88. The molecule has 0 aliphatic heterocycles. The van der Waals surface area contributed by atoms with Gasteiger partial charge in [0.1, 0.15) is 0 Å². The van der Waals surface area contributed by atoms with Crippen LogP contribution in [0.15, 0.2) is 11.1 Å². The highest BCUT2D eigenvalue weighted by molar-refractivity contribution is 5.96. The fourth-order valence-corrected chi connectivity index (χ4v) is 3.21. The number of hydrogen-bond donors (Lipinski definition) is 1. The Kier molecular flexibility index (Phi) is 10.5. The molecule has 0 fully saturated rings. The zero-order valence-electron chi connectivity index (χ0n) is 14.0. The lowest BCUT2D eigenvalue weighted by Crippen LogP contribution is -2.09. The van der Waals surface area contributed by atoms with Gasteiger partial charge in [-0.2, -0.15) is 0 Å². The summed E-state index contributed by atoms with van der Waals surface area (Å²) in [5, 5.41) is 8.69. The molecule has 1 aliphatic carbocycles. The second kappa shape index (κ2) is 12.0. The monoisotopic (exact) mass is 294 g/mol. The first-order valence-corrected chi connectivity index (χ1v) is 9.08. The van der Waals surface area contributed by atoms with Gasteiger partial charge in [0.15, 0.2) is 5.78 Å². The summed E-state index contributed by atoms with van der Waals surface area (Å²) < 4.78 is 0. The maximum atomic E-state index is 11.6. The molecule has 0 amide bonds. The van der Waals surface area contributed by atoms with E-state index >= 15 is 0 Å². The van der Waals surface area contributed by atoms with Crippen LogP contribution in [0.4, 0.5) is 0 Å². The normalized spacial score (nSPS) is 15.8. The number of aliphatic hydroxyl groups excluding tert-OH is 1. The quantitative estimate of drug-likeness (QED) is 0.493. The first-order chi connectivity index (χ1) is 10.3. The van der Waals surface area contributed by atoms with Crippen molar-refractivity contribution in [2.24, 2.45) is 0 Å². The number of rotatable bonds is 12. The van der Waals surface area contributed by atoms with Gasteiger partial charge in [-0.15, -0.1) is 0 Å². The highest BCUT2D eigenvalue weighted by Crippen LogP contribution is 2.26. The number of carbonyl (C=O) groups is 1. The summed E-state index contributed by atoms with van der Waals surface area (Å²) in [6, 6.07) is 0. The third-order valence-electron chi connectivity index (χ3n) is 4.72. The molecule has 0 spiro atoms. The number of hydrogen-bond acceptors (Lipinski definition) is 2. The van der Waals surface area contributed by atoms with Crippen molar-refractivity contribution in [2.75, 3.05) is 6.61 Å². The van der Waals surface area contributed by atoms with E-state index in [-0.39, 0.29) is 0 Å². The van der Waals surface area contributed by atoms with Crippen LogP contribution >= 0.6 is 0 Å². The summed E-state index contributed by atoms with van der Waals surface area (Å²) in [6.07, 6.45) is 16.9. The summed E-state index contributed by atoms with van der Waals surface area (Å²) in [6.45, 7) is 2.37. The van der Waals surface area contributed by atoms with Gasteiger partial charge in [-0.3, -0.25) is 4.79 Å². The van der Waals surface area contributed by atoms with Crippen LogP contribution in [0.2, 0.25) is 0 Å². The summed E-state index contributed by atoms with van der Waals surface area (Å²) in [5.74, 6) is 0.387. The van der Waals surface area contributed by atoms with Crippen molar-refractivity contribution >= 4 is 5.78 Å². The Morgan fingerprint density at radius 3 is 1.90 bits per heavy atom. The molecule has 0 saturated heterocycles. The Bertz CT molecular complexity index is 318. The van der Waals surface area contributed by atoms with E-state index in [1.54, 1.807) is 0 Å². The minimum atomic E-state index is 0.349. The van der Waals surface area contributed by atoms with Crippen molar-refractivity contribution in [3.8, 4) is 0 Å². The molecule has 1 rings (SSSR count). The molecule has 0 bridgehead atoms. The molecule has 21 heavy (non-hydrogen) atoms. The molecule has 0 unspecified atom stereocenters. The highest BCUT2D eigenvalue weighted by atomic mass is 16.2. The summed E-state index contributed by atoms with van der Waals surface area (Å²) in [5.41, 5.74) is 2.51. The first kappa shape index (κ1) is 18.4. The number of ketones is 1. The smallest absolute Gasteiger partial charge is 0.158 e. The van der Waals surface area contributed by atoms with Gasteiger partial charge >= 0.3 is 0 Å². The van der Waals surface area contributed by atoms with Crippen LogP contribution in [-0.2, 0) is 4.79 Å². The third kappa shape index (κ3) is 8.40. The SMILES string of the molecule is CC1=C(CCCCCCCCCCCCO)CCCC1=O. The lowest BCUT2D eigenvalue weighted by molar-refractivity contribution is -0.116. The molecule has 2 nitrogen and oxygen atoms in total. The van der Waals surface area contributed by atoms with Gasteiger partial charge < -0.3 is 5.11 Å². The van der Waals surface area contributed by atoms with Gasteiger partial charge in [0, 0.05) is 13.0 Å². The second-order valence-electron chi connectivity index (χ2n) is 6.51. The predicted octanol–water partition coefficient (Wildman–Crippen LogP) is 5.34. The number of allylic oxidation sites excluding steroid dienone is 2. The van der Waals surface area contributed by atoms with E-state index in [0.29, 0.717) is 12.4 Å². The molecule has 0 heterocycles. The van der Waals surface area contributed by atoms with E-state index in [4.69, 9.17) is 5.11 Å². The molecule has 2 heteroatoms. The maximum absolute atomic E-state index is 11.6.